The van der Waals surface area contributed by atoms with E-state index < -0.39 is 0 Å². The van der Waals surface area contributed by atoms with E-state index >= 15 is 0 Å². The molecule has 174 valence electrons. The maximum atomic E-state index is 5.46. The lowest BCUT2D eigenvalue weighted by Crippen LogP contribution is -2.49. The van der Waals surface area contributed by atoms with Crippen molar-refractivity contribution in [2.75, 3.05) is 63.9 Å². The molecule has 2 saturated heterocycles. The normalized spacial score (nSPS) is 18.6. The largest absolute Gasteiger partial charge is 0.469 e. The molecule has 2 fully saturated rings. The Hall–Kier alpha value is -2.58. The number of morpholine rings is 1. The Morgan fingerprint density at radius 3 is 2.72 bits per heavy atom. The van der Waals surface area contributed by atoms with Gasteiger partial charge in [-0.2, -0.15) is 0 Å². The van der Waals surface area contributed by atoms with E-state index in [1.54, 1.807) is 6.26 Å². The number of ether oxygens (including phenoxy) is 1. The van der Waals surface area contributed by atoms with Gasteiger partial charge in [-0.1, -0.05) is 6.07 Å². The number of hydrogen-bond acceptors (Lipinski definition) is 6. The van der Waals surface area contributed by atoms with Gasteiger partial charge in [-0.05, 0) is 43.5 Å². The lowest BCUT2D eigenvalue weighted by atomic mass is 10.1. The molecule has 2 aliphatic heterocycles. The molecule has 0 radical (unpaired) electrons. The van der Waals surface area contributed by atoms with Gasteiger partial charge >= 0.3 is 0 Å². The van der Waals surface area contributed by atoms with Gasteiger partial charge in [0.05, 0.1) is 19.5 Å². The third-order valence-electron chi connectivity index (χ3n) is 6.06. The molecule has 4 rings (SSSR count). The molecule has 2 N–H and O–H groups in total. The molecule has 32 heavy (non-hydrogen) atoms. The van der Waals surface area contributed by atoms with E-state index in [0.29, 0.717) is 6.04 Å². The first-order valence-electron chi connectivity index (χ1n) is 11.9. The summed E-state index contributed by atoms with van der Waals surface area (Å²) in [6.45, 7) is 8.47. The number of aliphatic imine (C=N–C) groups is 1. The number of nitrogens with one attached hydrogen (secondary N) is 2. The van der Waals surface area contributed by atoms with Crippen LogP contribution in [0.15, 0.2) is 52.2 Å². The zero-order chi connectivity index (χ0) is 21.8. The molecule has 0 unspecified atom stereocenters. The fourth-order valence-electron chi connectivity index (χ4n) is 4.21. The minimum atomic E-state index is 0.420. The second kappa shape index (κ2) is 12.5. The Morgan fingerprint density at radius 1 is 1.09 bits per heavy atom. The molecular formula is C24H36N6O2. The van der Waals surface area contributed by atoms with Crippen LogP contribution < -0.4 is 15.5 Å². The van der Waals surface area contributed by atoms with Crippen molar-refractivity contribution in [3.63, 3.8) is 0 Å². The van der Waals surface area contributed by atoms with Crippen molar-refractivity contribution in [1.82, 2.24) is 20.5 Å². The van der Waals surface area contributed by atoms with Crippen molar-refractivity contribution in [3.05, 3.63) is 48.6 Å². The molecule has 0 atom stereocenters. The molecule has 0 amide bonds. The van der Waals surface area contributed by atoms with Gasteiger partial charge < -0.3 is 24.7 Å². The summed E-state index contributed by atoms with van der Waals surface area (Å²) in [5.41, 5.74) is 0. The third-order valence-corrected chi connectivity index (χ3v) is 6.06. The van der Waals surface area contributed by atoms with Gasteiger partial charge in [-0.15, -0.1) is 0 Å². The Bertz CT molecular complexity index is 784. The molecule has 0 aromatic carbocycles. The van der Waals surface area contributed by atoms with Crippen LogP contribution in [0.1, 0.15) is 25.0 Å². The van der Waals surface area contributed by atoms with Gasteiger partial charge in [-0.3, -0.25) is 9.89 Å². The number of nitrogens with zero attached hydrogens (tertiary/aromatic N) is 4. The maximum Gasteiger partial charge on any atom is 0.191 e. The summed E-state index contributed by atoms with van der Waals surface area (Å²) in [5, 5.41) is 7.18. The smallest absolute Gasteiger partial charge is 0.191 e. The maximum absolute atomic E-state index is 5.46. The lowest BCUT2D eigenvalue weighted by molar-refractivity contribution is 0.0377. The third kappa shape index (κ3) is 7.24. The minimum absolute atomic E-state index is 0.420. The first-order chi connectivity index (χ1) is 15.9. The van der Waals surface area contributed by atoms with Gasteiger partial charge in [0, 0.05) is 64.5 Å². The van der Waals surface area contributed by atoms with Crippen molar-refractivity contribution in [2.45, 2.75) is 31.7 Å². The second-order valence-electron chi connectivity index (χ2n) is 8.39. The second-order valence-corrected chi connectivity index (χ2v) is 8.39. The number of guanidine groups is 1. The average Bonchev–Trinajstić information content (AvgIpc) is 3.37. The van der Waals surface area contributed by atoms with Crippen LogP contribution in [0.2, 0.25) is 0 Å². The van der Waals surface area contributed by atoms with Crippen molar-refractivity contribution in [2.24, 2.45) is 4.99 Å². The van der Waals surface area contributed by atoms with Crippen molar-refractivity contribution in [1.29, 1.82) is 0 Å². The predicted molar refractivity (Wildman–Crippen MR) is 127 cm³/mol. The fourth-order valence-corrected chi connectivity index (χ4v) is 4.21. The topological polar surface area (TPSA) is 78.2 Å². The molecule has 8 heteroatoms. The number of hydrogen-bond donors (Lipinski definition) is 2. The van der Waals surface area contributed by atoms with Crippen LogP contribution in [-0.2, 0) is 11.2 Å². The first kappa shape index (κ1) is 22.6. The summed E-state index contributed by atoms with van der Waals surface area (Å²) in [5.74, 6) is 2.97. The van der Waals surface area contributed by atoms with Crippen LogP contribution >= 0.6 is 0 Å². The van der Waals surface area contributed by atoms with Crippen molar-refractivity contribution in [3.8, 4) is 0 Å². The number of anilines is 1. The molecule has 2 aromatic heterocycles. The SMILES string of the molecule is c1ccc(N2CCC(NC(=NCCCN3CCOCC3)NCCc3ccco3)CC2)nc1. The highest BCUT2D eigenvalue weighted by atomic mass is 16.5. The Balaban J connectivity index is 1.24. The molecule has 0 bridgehead atoms. The van der Waals surface area contributed by atoms with Gasteiger partial charge in [0.1, 0.15) is 11.6 Å². The molecular weight excluding hydrogens is 404 g/mol. The van der Waals surface area contributed by atoms with E-state index in [9.17, 15) is 0 Å². The van der Waals surface area contributed by atoms with Gasteiger partial charge in [0.15, 0.2) is 5.96 Å². The van der Waals surface area contributed by atoms with Crippen LogP contribution in [0.4, 0.5) is 5.82 Å². The molecule has 0 saturated carbocycles. The van der Waals surface area contributed by atoms with E-state index in [0.717, 1.165) is 102 Å². The van der Waals surface area contributed by atoms with Crippen LogP contribution in [-0.4, -0.2) is 80.9 Å². The highest BCUT2D eigenvalue weighted by Crippen LogP contribution is 2.17. The number of rotatable bonds is 9. The zero-order valence-corrected chi connectivity index (χ0v) is 18.9. The summed E-state index contributed by atoms with van der Waals surface area (Å²) in [7, 11) is 0. The van der Waals surface area contributed by atoms with Gasteiger partial charge in [0.2, 0.25) is 0 Å². The van der Waals surface area contributed by atoms with Crippen LogP contribution in [0.3, 0.4) is 0 Å². The number of furan rings is 1. The number of piperidine rings is 1. The van der Waals surface area contributed by atoms with Crippen LogP contribution in [0.5, 0.6) is 0 Å². The summed E-state index contributed by atoms with van der Waals surface area (Å²) in [6.07, 6.45) is 7.64. The molecule has 0 spiro atoms. The van der Waals surface area contributed by atoms with Gasteiger partial charge in [0.25, 0.3) is 0 Å². The highest BCUT2D eigenvalue weighted by Gasteiger charge is 2.21. The summed E-state index contributed by atoms with van der Waals surface area (Å²) in [6, 6.07) is 10.5. The van der Waals surface area contributed by atoms with E-state index in [4.69, 9.17) is 14.1 Å². The van der Waals surface area contributed by atoms with E-state index in [-0.39, 0.29) is 0 Å². The van der Waals surface area contributed by atoms with Crippen molar-refractivity contribution >= 4 is 11.8 Å². The van der Waals surface area contributed by atoms with E-state index in [1.807, 2.05) is 24.4 Å². The summed E-state index contributed by atoms with van der Waals surface area (Å²) in [4.78, 5) is 14.2. The lowest BCUT2D eigenvalue weighted by Gasteiger charge is -2.33. The average molecular weight is 441 g/mol. The monoisotopic (exact) mass is 440 g/mol. The minimum Gasteiger partial charge on any atom is -0.469 e. The molecule has 2 aromatic rings. The van der Waals surface area contributed by atoms with E-state index in [1.165, 1.54) is 0 Å². The molecule has 0 aliphatic carbocycles. The molecule has 4 heterocycles. The Labute approximate surface area is 191 Å². The van der Waals surface area contributed by atoms with Crippen LogP contribution in [0, 0.1) is 0 Å². The standard InChI is InChI=1S/C24H36N6O2/c1-2-10-25-23(6-1)30-14-8-21(9-15-30)28-24(27-12-7-22-5-3-18-32-22)26-11-4-13-29-16-19-31-20-17-29/h1-3,5-6,10,18,21H,4,7-9,11-17,19-20H2,(H2,26,27,28). The molecule has 2 aliphatic rings. The number of aromatic nitrogens is 1. The summed E-state index contributed by atoms with van der Waals surface area (Å²) < 4.78 is 10.9. The Kier molecular flexibility index (Phi) is 8.80. The Morgan fingerprint density at radius 2 is 1.97 bits per heavy atom. The summed E-state index contributed by atoms with van der Waals surface area (Å²) >= 11 is 0. The first-order valence-corrected chi connectivity index (χ1v) is 11.9. The van der Waals surface area contributed by atoms with Crippen molar-refractivity contribution < 1.29 is 9.15 Å². The fraction of sp³-hybridized carbons (Fsp3) is 0.583. The zero-order valence-electron chi connectivity index (χ0n) is 18.9. The van der Waals surface area contributed by atoms with E-state index in [2.05, 4.69) is 37.6 Å². The van der Waals surface area contributed by atoms with Crippen LogP contribution in [0.25, 0.3) is 0 Å². The highest BCUT2D eigenvalue weighted by molar-refractivity contribution is 5.80. The predicted octanol–water partition coefficient (Wildman–Crippen LogP) is 2.14. The quantitative estimate of drug-likeness (QED) is 0.351. The number of pyridine rings is 1. The molecule has 8 nitrogen and oxygen atoms in total. The van der Waals surface area contributed by atoms with Gasteiger partial charge in [-0.25, -0.2) is 4.98 Å².